The van der Waals surface area contributed by atoms with Gasteiger partial charge in [0.1, 0.15) is 11.5 Å². The molecule has 0 aliphatic rings. The number of thiophene rings is 1. The molecule has 1 aromatic carbocycles. The lowest BCUT2D eigenvalue weighted by atomic mass is 10.2. The number of para-hydroxylation sites is 1. The van der Waals surface area contributed by atoms with Crippen LogP contribution in [0.4, 0.5) is 5.69 Å². The van der Waals surface area contributed by atoms with Crippen LogP contribution < -0.4 is 4.74 Å². The van der Waals surface area contributed by atoms with Gasteiger partial charge in [-0.2, -0.15) is 0 Å². The molecule has 2 aromatic rings. The van der Waals surface area contributed by atoms with E-state index >= 15 is 0 Å². The first kappa shape index (κ1) is 14.5. The first-order chi connectivity index (χ1) is 9.50. The zero-order valence-electron chi connectivity index (χ0n) is 9.91. The van der Waals surface area contributed by atoms with E-state index in [0.717, 1.165) is 11.3 Å². The summed E-state index contributed by atoms with van der Waals surface area (Å²) in [5.74, 6) is -0.958. The Kier molecular flexibility index (Phi) is 4.35. The number of rotatable bonds is 5. The Morgan fingerprint density at radius 2 is 2.20 bits per heavy atom. The van der Waals surface area contributed by atoms with Gasteiger partial charge in [0, 0.05) is 11.6 Å². The van der Waals surface area contributed by atoms with Crippen LogP contribution in [-0.2, 0) is 6.61 Å². The van der Waals surface area contributed by atoms with E-state index in [0.29, 0.717) is 10.0 Å². The minimum absolute atomic E-state index is 0.0470. The summed E-state index contributed by atoms with van der Waals surface area (Å²) in [6, 6.07) is 6.10. The van der Waals surface area contributed by atoms with Crippen LogP contribution in [0.25, 0.3) is 0 Å². The molecule has 0 spiro atoms. The van der Waals surface area contributed by atoms with Crippen molar-refractivity contribution in [3.63, 3.8) is 0 Å². The predicted molar refractivity (Wildman–Crippen MR) is 76.4 cm³/mol. The molecule has 0 amide bonds. The van der Waals surface area contributed by atoms with E-state index in [2.05, 4.69) is 15.9 Å². The number of nitro groups is 1. The molecule has 6 nitrogen and oxygen atoms in total. The third kappa shape index (κ3) is 2.97. The second-order valence-electron chi connectivity index (χ2n) is 3.71. The largest absolute Gasteiger partial charge is 0.481 e. The normalized spacial score (nSPS) is 10.2. The standard InChI is InChI=1S/C12H8BrNO5S/c13-8-2-1-3-9(14(17)18)10(8)19-6-7-4-5-20-11(7)12(15)16/h1-5H,6H2,(H,15,16). The maximum absolute atomic E-state index is 11.0. The number of carboxylic acid groups (broad SMARTS) is 1. The Balaban J connectivity index is 2.25. The number of ether oxygens (including phenoxy) is 1. The zero-order chi connectivity index (χ0) is 14.7. The SMILES string of the molecule is O=C(O)c1sccc1COc1c(Br)cccc1[N+](=O)[O-]. The molecule has 1 N–H and O–H groups in total. The molecule has 0 fully saturated rings. The van der Waals surface area contributed by atoms with Gasteiger partial charge in [0.2, 0.25) is 5.75 Å². The van der Waals surface area contributed by atoms with Crippen LogP contribution in [0.5, 0.6) is 5.75 Å². The molecule has 0 atom stereocenters. The van der Waals surface area contributed by atoms with Crippen LogP contribution >= 0.6 is 27.3 Å². The van der Waals surface area contributed by atoms with Crippen molar-refractivity contribution in [3.05, 3.63) is 54.7 Å². The fraction of sp³-hybridized carbons (Fsp3) is 0.0833. The average Bonchev–Trinajstić information content (AvgIpc) is 2.85. The van der Waals surface area contributed by atoms with Gasteiger partial charge in [-0.15, -0.1) is 11.3 Å². The van der Waals surface area contributed by atoms with Crippen molar-refractivity contribution in [2.75, 3.05) is 0 Å². The Morgan fingerprint density at radius 3 is 2.85 bits per heavy atom. The third-order valence-electron chi connectivity index (χ3n) is 2.46. The lowest BCUT2D eigenvalue weighted by Crippen LogP contribution is -2.03. The summed E-state index contributed by atoms with van der Waals surface area (Å²) in [6.45, 7) is -0.0470. The molecule has 0 radical (unpaired) electrons. The van der Waals surface area contributed by atoms with Crippen molar-refractivity contribution >= 4 is 38.9 Å². The summed E-state index contributed by atoms with van der Waals surface area (Å²) in [5, 5.41) is 21.5. The highest BCUT2D eigenvalue weighted by Crippen LogP contribution is 2.35. The molecule has 0 aliphatic heterocycles. The van der Waals surface area contributed by atoms with Gasteiger partial charge in [-0.05, 0) is 33.4 Å². The Hall–Kier alpha value is -1.93. The number of nitrogens with zero attached hydrogens (tertiary/aromatic N) is 1. The van der Waals surface area contributed by atoms with Crippen LogP contribution in [0.3, 0.4) is 0 Å². The molecule has 8 heteroatoms. The number of hydrogen-bond donors (Lipinski definition) is 1. The van der Waals surface area contributed by atoms with Gasteiger partial charge < -0.3 is 9.84 Å². The average molecular weight is 358 g/mol. The first-order valence-corrected chi connectivity index (χ1v) is 7.03. The van der Waals surface area contributed by atoms with Crippen LogP contribution in [-0.4, -0.2) is 16.0 Å². The molecule has 2 rings (SSSR count). The topological polar surface area (TPSA) is 89.7 Å². The van der Waals surface area contributed by atoms with Gasteiger partial charge in [-0.3, -0.25) is 10.1 Å². The third-order valence-corrected chi connectivity index (χ3v) is 4.03. The highest BCUT2D eigenvalue weighted by atomic mass is 79.9. The monoisotopic (exact) mass is 357 g/mol. The van der Waals surface area contributed by atoms with Gasteiger partial charge in [-0.25, -0.2) is 4.79 Å². The Bertz CT molecular complexity index is 670. The number of carbonyl (C=O) groups is 1. The molecular formula is C12H8BrNO5S. The zero-order valence-corrected chi connectivity index (χ0v) is 12.3. The number of halogens is 1. The highest BCUT2D eigenvalue weighted by molar-refractivity contribution is 9.10. The summed E-state index contributed by atoms with van der Waals surface area (Å²) in [6.07, 6.45) is 0. The second kappa shape index (κ2) is 6.02. The molecular weight excluding hydrogens is 350 g/mol. The fourth-order valence-electron chi connectivity index (χ4n) is 1.57. The molecule has 0 saturated carbocycles. The molecule has 20 heavy (non-hydrogen) atoms. The minimum atomic E-state index is -1.04. The summed E-state index contributed by atoms with van der Waals surface area (Å²) >= 11 is 4.27. The fourth-order valence-corrected chi connectivity index (χ4v) is 2.79. The van der Waals surface area contributed by atoms with E-state index in [9.17, 15) is 14.9 Å². The maximum atomic E-state index is 11.0. The van der Waals surface area contributed by atoms with Gasteiger partial charge in [0.05, 0.1) is 9.40 Å². The summed E-state index contributed by atoms with van der Waals surface area (Å²) < 4.78 is 5.86. The highest BCUT2D eigenvalue weighted by Gasteiger charge is 2.19. The number of carboxylic acids is 1. The van der Waals surface area contributed by atoms with Crippen LogP contribution in [0.1, 0.15) is 15.2 Å². The number of nitro benzene ring substituents is 1. The Morgan fingerprint density at radius 1 is 1.45 bits per heavy atom. The van der Waals surface area contributed by atoms with Crippen molar-refractivity contribution in [3.8, 4) is 5.75 Å². The lowest BCUT2D eigenvalue weighted by Gasteiger charge is -2.08. The summed E-state index contributed by atoms with van der Waals surface area (Å²) in [4.78, 5) is 21.5. The lowest BCUT2D eigenvalue weighted by molar-refractivity contribution is -0.386. The summed E-state index contributed by atoms with van der Waals surface area (Å²) in [7, 11) is 0. The van der Waals surface area contributed by atoms with E-state index in [4.69, 9.17) is 9.84 Å². The second-order valence-corrected chi connectivity index (χ2v) is 5.48. The maximum Gasteiger partial charge on any atom is 0.346 e. The van der Waals surface area contributed by atoms with Crippen molar-refractivity contribution in [2.24, 2.45) is 0 Å². The van der Waals surface area contributed by atoms with Crippen molar-refractivity contribution in [1.29, 1.82) is 0 Å². The van der Waals surface area contributed by atoms with Gasteiger partial charge in [0.15, 0.2) is 0 Å². The first-order valence-electron chi connectivity index (χ1n) is 5.36. The van der Waals surface area contributed by atoms with Crippen LogP contribution in [0.15, 0.2) is 34.1 Å². The quantitative estimate of drug-likeness (QED) is 0.650. The van der Waals surface area contributed by atoms with Crippen molar-refractivity contribution < 1.29 is 19.6 Å². The van der Waals surface area contributed by atoms with E-state index in [1.165, 1.54) is 12.1 Å². The predicted octanol–water partition coefficient (Wildman–Crippen LogP) is 3.70. The van der Waals surface area contributed by atoms with Gasteiger partial charge in [-0.1, -0.05) is 6.07 Å². The molecule has 1 aromatic heterocycles. The number of aromatic carboxylic acids is 1. The molecule has 0 bridgehead atoms. The number of hydrogen-bond acceptors (Lipinski definition) is 5. The van der Waals surface area contributed by atoms with Gasteiger partial charge in [0.25, 0.3) is 0 Å². The number of benzene rings is 1. The molecule has 0 unspecified atom stereocenters. The molecule has 1 heterocycles. The molecule has 104 valence electrons. The molecule has 0 saturated heterocycles. The van der Waals surface area contributed by atoms with E-state index < -0.39 is 10.9 Å². The summed E-state index contributed by atoms with van der Waals surface area (Å²) in [5.41, 5.74) is 0.305. The van der Waals surface area contributed by atoms with Crippen molar-refractivity contribution in [2.45, 2.75) is 6.61 Å². The van der Waals surface area contributed by atoms with Crippen LogP contribution in [0.2, 0.25) is 0 Å². The molecule has 0 aliphatic carbocycles. The minimum Gasteiger partial charge on any atom is -0.481 e. The Labute approximate surface area is 125 Å². The van der Waals surface area contributed by atoms with E-state index in [1.54, 1.807) is 17.5 Å². The van der Waals surface area contributed by atoms with E-state index in [1.807, 2.05) is 0 Å². The van der Waals surface area contributed by atoms with Gasteiger partial charge >= 0.3 is 11.7 Å². The van der Waals surface area contributed by atoms with E-state index in [-0.39, 0.29) is 22.9 Å². The smallest absolute Gasteiger partial charge is 0.346 e. The van der Waals surface area contributed by atoms with Crippen LogP contribution in [0, 0.1) is 10.1 Å². The van der Waals surface area contributed by atoms with Crippen molar-refractivity contribution in [1.82, 2.24) is 0 Å².